The number of aliphatic hydroxyl groups excluding tert-OH is 1. The van der Waals surface area contributed by atoms with E-state index in [1.807, 2.05) is 25.1 Å². The molecule has 2 N–H and O–H groups in total. The van der Waals surface area contributed by atoms with E-state index in [1.54, 1.807) is 0 Å². The van der Waals surface area contributed by atoms with Crippen LogP contribution in [0.3, 0.4) is 0 Å². The predicted octanol–water partition coefficient (Wildman–Crippen LogP) is 1.97. The standard InChI is InChI=1S/C14H19NO3/c1-2-10(9-16)14(17)15-12-5-6-13-11(8-12)4-3-7-18-13/h5-6,8,10,16H,2-4,7,9H2,1H3,(H,15,17). The van der Waals surface area contributed by atoms with Gasteiger partial charge < -0.3 is 15.2 Å². The molecule has 2 rings (SSSR count). The Kier molecular flexibility index (Phi) is 4.20. The molecule has 1 aliphatic heterocycles. The molecule has 1 aromatic carbocycles. The molecule has 1 aromatic rings. The topological polar surface area (TPSA) is 58.6 Å². The van der Waals surface area contributed by atoms with Gasteiger partial charge in [-0.3, -0.25) is 4.79 Å². The van der Waals surface area contributed by atoms with E-state index >= 15 is 0 Å². The quantitative estimate of drug-likeness (QED) is 0.857. The molecule has 18 heavy (non-hydrogen) atoms. The predicted molar refractivity (Wildman–Crippen MR) is 69.8 cm³/mol. The largest absolute Gasteiger partial charge is 0.493 e. The van der Waals surface area contributed by atoms with Gasteiger partial charge in [0.1, 0.15) is 5.75 Å². The molecule has 1 aliphatic rings. The zero-order valence-electron chi connectivity index (χ0n) is 10.6. The molecule has 0 bridgehead atoms. The summed E-state index contributed by atoms with van der Waals surface area (Å²) in [5, 5.41) is 11.9. The number of rotatable bonds is 4. The van der Waals surface area contributed by atoms with Crippen molar-refractivity contribution in [1.82, 2.24) is 0 Å². The van der Waals surface area contributed by atoms with Gasteiger partial charge in [-0.15, -0.1) is 0 Å². The van der Waals surface area contributed by atoms with E-state index in [1.165, 1.54) is 0 Å². The van der Waals surface area contributed by atoms with E-state index in [-0.39, 0.29) is 18.4 Å². The van der Waals surface area contributed by atoms with Gasteiger partial charge in [-0.05, 0) is 43.0 Å². The number of nitrogens with one attached hydrogen (secondary N) is 1. The van der Waals surface area contributed by atoms with Crippen molar-refractivity contribution in [3.8, 4) is 5.75 Å². The molecule has 0 aliphatic carbocycles. The lowest BCUT2D eigenvalue weighted by Crippen LogP contribution is -2.25. The van der Waals surface area contributed by atoms with E-state index in [0.717, 1.165) is 36.4 Å². The number of benzene rings is 1. The SMILES string of the molecule is CCC(CO)C(=O)Nc1ccc2c(c1)CCCO2. The lowest BCUT2D eigenvalue weighted by atomic mass is 10.0. The molecule has 0 radical (unpaired) electrons. The van der Waals surface area contributed by atoms with Crippen LogP contribution in [0.15, 0.2) is 18.2 Å². The maximum atomic E-state index is 11.8. The van der Waals surface area contributed by atoms with Crippen LogP contribution in [0.1, 0.15) is 25.3 Å². The number of carbonyl (C=O) groups excluding carboxylic acids is 1. The van der Waals surface area contributed by atoms with Gasteiger partial charge in [-0.25, -0.2) is 0 Å². The van der Waals surface area contributed by atoms with Gasteiger partial charge in [-0.1, -0.05) is 6.92 Å². The van der Waals surface area contributed by atoms with Crippen LogP contribution in [0.25, 0.3) is 0 Å². The summed E-state index contributed by atoms with van der Waals surface area (Å²) in [5.74, 6) is 0.447. The lowest BCUT2D eigenvalue weighted by Gasteiger charge is -2.18. The second-order valence-electron chi connectivity index (χ2n) is 4.55. The highest BCUT2D eigenvalue weighted by Gasteiger charge is 2.16. The van der Waals surface area contributed by atoms with Gasteiger partial charge in [0.15, 0.2) is 0 Å². The van der Waals surface area contributed by atoms with Crippen molar-refractivity contribution in [2.24, 2.45) is 5.92 Å². The maximum absolute atomic E-state index is 11.8. The molecule has 1 heterocycles. The first-order valence-electron chi connectivity index (χ1n) is 6.42. The average molecular weight is 249 g/mol. The molecule has 1 atom stereocenters. The molecule has 0 aromatic heterocycles. The highest BCUT2D eigenvalue weighted by atomic mass is 16.5. The van der Waals surface area contributed by atoms with Crippen LogP contribution in [-0.4, -0.2) is 24.2 Å². The number of aryl methyl sites for hydroxylation is 1. The van der Waals surface area contributed by atoms with Gasteiger partial charge in [0, 0.05) is 5.69 Å². The number of carbonyl (C=O) groups is 1. The minimum absolute atomic E-state index is 0.115. The van der Waals surface area contributed by atoms with E-state index in [4.69, 9.17) is 9.84 Å². The number of aliphatic hydroxyl groups is 1. The Balaban J connectivity index is 2.08. The zero-order chi connectivity index (χ0) is 13.0. The minimum Gasteiger partial charge on any atom is -0.493 e. The fourth-order valence-electron chi connectivity index (χ4n) is 2.08. The van der Waals surface area contributed by atoms with Crippen molar-refractivity contribution in [2.45, 2.75) is 26.2 Å². The maximum Gasteiger partial charge on any atom is 0.229 e. The second kappa shape index (κ2) is 5.87. The number of hydrogen-bond donors (Lipinski definition) is 2. The summed E-state index contributed by atoms with van der Waals surface area (Å²) in [5.41, 5.74) is 1.91. The van der Waals surface area contributed by atoms with Crippen molar-refractivity contribution in [2.75, 3.05) is 18.5 Å². The molecule has 0 fully saturated rings. The van der Waals surface area contributed by atoms with Crippen LogP contribution in [0.5, 0.6) is 5.75 Å². The van der Waals surface area contributed by atoms with Crippen LogP contribution in [0.4, 0.5) is 5.69 Å². The first-order valence-corrected chi connectivity index (χ1v) is 6.42. The van der Waals surface area contributed by atoms with Crippen molar-refractivity contribution >= 4 is 11.6 Å². The Morgan fingerprint density at radius 1 is 1.56 bits per heavy atom. The number of anilines is 1. The molecule has 0 spiro atoms. The van der Waals surface area contributed by atoms with Crippen LogP contribution in [-0.2, 0) is 11.2 Å². The number of hydrogen-bond acceptors (Lipinski definition) is 3. The Morgan fingerprint density at radius 3 is 3.11 bits per heavy atom. The van der Waals surface area contributed by atoms with Gasteiger partial charge >= 0.3 is 0 Å². The summed E-state index contributed by atoms with van der Waals surface area (Å²) in [6, 6.07) is 5.69. The summed E-state index contributed by atoms with van der Waals surface area (Å²) in [7, 11) is 0. The van der Waals surface area contributed by atoms with Crippen molar-refractivity contribution in [1.29, 1.82) is 0 Å². The smallest absolute Gasteiger partial charge is 0.229 e. The zero-order valence-corrected chi connectivity index (χ0v) is 10.6. The van der Waals surface area contributed by atoms with Gasteiger partial charge in [-0.2, -0.15) is 0 Å². The Labute approximate surface area is 107 Å². The highest BCUT2D eigenvalue weighted by molar-refractivity contribution is 5.92. The first-order chi connectivity index (χ1) is 8.74. The number of ether oxygens (including phenoxy) is 1. The second-order valence-corrected chi connectivity index (χ2v) is 4.55. The Bertz CT molecular complexity index is 427. The third-order valence-electron chi connectivity index (χ3n) is 3.26. The third kappa shape index (κ3) is 2.82. The molecule has 4 nitrogen and oxygen atoms in total. The number of amides is 1. The molecular formula is C14H19NO3. The summed E-state index contributed by atoms with van der Waals surface area (Å²) in [6.07, 6.45) is 2.63. The molecular weight excluding hydrogens is 230 g/mol. The molecule has 0 saturated heterocycles. The molecule has 98 valence electrons. The molecule has 1 unspecified atom stereocenters. The van der Waals surface area contributed by atoms with E-state index in [0.29, 0.717) is 6.42 Å². The summed E-state index contributed by atoms with van der Waals surface area (Å²) in [6.45, 7) is 2.54. The van der Waals surface area contributed by atoms with Gasteiger partial charge in [0.05, 0.1) is 19.1 Å². The lowest BCUT2D eigenvalue weighted by molar-refractivity contribution is -0.121. The Hall–Kier alpha value is -1.55. The number of fused-ring (bicyclic) bond motifs is 1. The molecule has 4 heteroatoms. The summed E-state index contributed by atoms with van der Waals surface area (Å²) in [4.78, 5) is 11.8. The van der Waals surface area contributed by atoms with Crippen LogP contribution < -0.4 is 10.1 Å². The van der Waals surface area contributed by atoms with E-state index in [2.05, 4.69) is 5.32 Å². The van der Waals surface area contributed by atoms with Crippen LogP contribution in [0.2, 0.25) is 0 Å². The van der Waals surface area contributed by atoms with Gasteiger partial charge in [0.2, 0.25) is 5.91 Å². The van der Waals surface area contributed by atoms with Crippen molar-refractivity contribution in [3.05, 3.63) is 23.8 Å². The van der Waals surface area contributed by atoms with E-state index < -0.39 is 0 Å². The fourth-order valence-corrected chi connectivity index (χ4v) is 2.08. The third-order valence-corrected chi connectivity index (χ3v) is 3.26. The summed E-state index contributed by atoms with van der Waals surface area (Å²) >= 11 is 0. The monoisotopic (exact) mass is 249 g/mol. The average Bonchev–Trinajstić information content (AvgIpc) is 2.40. The Morgan fingerprint density at radius 2 is 2.39 bits per heavy atom. The van der Waals surface area contributed by atoms with Crippen LogP contribution >= 0.6 is 0 Å². The van der Waals surface area contributed by atoms with E-state index in [9.17, 15) is 4.79 Å². The minimum atomic E-state index is -0.336. The first kappa shape index (κ1) is 12.9. The van der Waals surface area contributed by atoms with Gasteiger partial charge in [0.25, 0.3) is 0 Å². The summed E-state index contributed by atoms with van der Waals surface area (Å²) < 4.78 is 5.52. The van der Waals surface area contributed by atoms with Crippen molar-refractivity contribution < 1.29 is 14.6 Å². The molecule has 1 amide bonds. The highest BCUT2D eigenvalue weighted by Crippen LogP contribution is 2.27. The molecule has 0 saturated carbocycles. The van der Waals surface area contributed by atoms with Crippen molar-refractivity contribution in [3.63, 3.8) is 0 Å². The van der Waals surface area contributed by atoms with Crippen LogP contribution in [0, 0.1) is 5.92 Å². The normalized spacial score (nSPS) is 15.4. The fraction of sp³-hybridized carbons (Fsp3) is 0.500.